The monoisotopic (exact) mass is 208 g/mol. The molecule has 2 rings (SSSR count). The summed E-state index contributed by atoms with van der Waals surface area (Å²) < 4.78 is 0. The second-order valence-corrected chi connectivity index (χ2v) is 6.79. The van der Waals surface area contributed by atoms with Gasteiger partial charge in [0.15, 0.2) is 0 Å². The summed E-state index contributed by atoms with van der Waals surface area (Å²) in [6.07, 6.45) is 6.46. The minimum atomic E-state index is -0.0813. The number of fused-ring (bicyclic) bond motifs is 1. The normalized spacial score (nSPS) is 38.5. The fraction of sp³-hybridized carbons (Fsp3) is 0.929. The highest BCUT2D eigenvalue weighted by atomic mass is 16.1. The van der Waals surface area contributed by atoms with Crippen LogP contribution >= 0.6 is 0 Å². The van der Waals surface area contributed by atoms with Gasteiger partial charge in [-0.3, -0.25) is 4.79 Å². The Bertz CT molecular complexity index is 275. The van der Waals surface area contributed by atoms with Crippen molar-refractivity contribution in [2.75, 3.05) is 0 Å². The molecule has 2 saturated carbocycles. The molecule has 2 fully saturated rings. The Kier molecular flexibility index (Phi) is 2.48. The summed E-state index contributed by atoms with van der Waals surface area (Å²) in [6, 6.07) is 0. The van der Waals surface area contributed by atoms with Crippen molar-refractivity contribution in [2.24, 2.45) is 22.7 Å². The van der Waals surface area contributed by atoms with Crippen LogP contribution in [-0.2, 0) is 4.79 Å². The van der Waals surface area contributed by atoms with Gasteiger partial charge in [0.25, 0.3) is 0 Å². The van der Waals surface area contributed by atoms with Gasteiger partial charge in [0.05, 0.1) is 0 Å². The highest BCUT2D eigenvalue weighted by Crippen LogP contribution is 2.54. The van der Waals surface area contributed by atoms with Crippen LogP contribution in [0.25, 0.3) is 0 Å². The van der Waals surface area contributed by atoms with Crippen molar-refractivity contribution in [3.8, 4) is 0 Å². The van der Waals surface area contributed by atoms with Crippen molar-refractivity contribution in [1.82, 2.24) is 0 Å². The van der Waals surface area contributed by atoms with Gasteiger partial charge in [-0.05, 0) is 24.7 Å². The molecule has 0 radical (unpaired) electrons. The van der Waals surface area contributed by atoms with E-state index in [9.17, 15) is 4.79 Å². The van der Waals surface area contributed by atoms with Crippen LogP contribution in [0.4, 0.5) is 0 Å². The molecule has 2 unspecified atom stereocenters. The number of hydrogen-bond donors (Lipinski definition) is 0. The topological polar surface area (TPSA) is 17.1 Å². The van der Waals surface area contributed by atoms with E-state index in [-0.39, 0.29) is 10.8 Å². The summed E-state index contributed by atoms with van der Waals surface area (Å²) in [5.74, 6) is 1.96. The molecule has 15 heavy (non-hydrogen) atoms. The molecule has 0 heterocycles. The van der Waals surface area contributed by atoms with E-state index in [4.69, 9.17) is 0 Å². The van der Waals surface area contributed by atoms with Crippen molar-refractivity contribution < 1.29 is 4.79 Å². The first-order valence-electron chi connectivity index (χ1n) is 6.40. The van der Waals surface area contributed by atoms with Crippen LogP contribution in [0.1, 0.15) is 59.8 Å². The molecule has 0 aromatic carbocycles. The molecule has 0 amide bonds. The van der Waals surface area contributed by atoms with Gasteiger partial charge in [-0.1, -0.05) is 47.0 Å². The van der Waals surface area contributed by atoms with Crippen LogP contribution in [0.3, 0.4) is 0 Å². The summed E-state index contributed by atoms with van der Waals surface area (Å²) in [4.78, 5) is 12.4. The molecule has 0 N–H and O–H groups in total. The Hall–Kier alpha value is -0.330. The zero-order chi connectivity index (χ0) is 11.3. The molecular formula is C14H24O. The third-order valence-corrected chi connectivity index (χ3v) is 4.81. The van der Waals surface area contributed by atoms with Crippen LogP contribution in [0.2, 0.25) is 0 Å². The second kappa shape index (κ2) is 3.33. The number of carbonyl (C=O) groups excluding carboxylic acids is 1. The SMILES string of the molecule is CC1(C)CC2CCCCC2C(C)(C)C1=O. The average Bonchev–Trinajstić information content (AvgIpc) is 2.15. The fourth-order valence-electron chi connectivity index (χ4n) is 4.19. The van der Waals surface area contributed by atoms with Crippen LogP contribution in [0, 0.1) is 22.7 Å². The number of hydrogen-bond acceptors (Lipinski definition) is 1. The lowest BCUT2D eigenvalue weighted by Gasteiger charge is -2.51. The molecule has 0 bridgehead atoms. The maximum atomic E-state index is 12.4. The largest absolute Gasteiger partial charge is 0.298 e. The number of rotatable bonds is 0. The molecule has 0 aromatic rings. The molecule has 2 aliphatic rings. The predicted octanol–water partition coefficient (Wildman–Crippen LogP) is 3.82. The number of Topliss-reactive ketones (excluding diaryl/α,β-unsaturated/α-hetero) is 1. The van der Waals surface area contributed by atoms with E-state index in [1.54, 1.807) is 0 Å². The van der Waals surface area contributed by atoms with Crippen molar-refractivity contribution in [1.29, 1.82) is 0 Å². The highest BCUT2D eigenvalue weighted by molar-refractivity contribution is 5.90. The third-order valence-electron chi connectivity index (χ3n) is 4.81. The Morgan fingerprint density at radius 3 is 2.33 bits per heavy atom. The first-order valence-corrected chi connectivity index (χ1v) is 6.40. The zero-order valence-electron chi connectivity index (χ0n) is 10.6. The molecule has 0 spiro atoms. The van der Waals surface area contributed by atoms with Gasteiger partial charge < -0.3 is 0 Å². The highest BCUT2D eigenvalue weighted by Gasteiger charge is 2.52. The van der Waals surface area contributed by atoms with E-state index >= 15 is 0 Å². The number of ketones is 1. The maximum absolute atomic E-state index is 12.4. The average molecular weight is 208 g/mol. The lowest BCUT2D eigenvalue weighted by molar-refractivity contribution is -0.149. The molecule has 0 aliphatic heterocycles. The van der Waals surface area contributed by atoms with E-state index in [1.807, 2.05) is 0 Å². The van der Waals surface area contributed by atoms with Crippen molar-refractivity contribution >= 4 is 5.78 Å². The van der Waals surface area contributed by atoms with Crippen LogP contribution in [-0.4, -0.2) is 5.78 Å². The lowest BCUT2D eigenvalue weighted by atomic mass is 9.52. The van der Waals surface area contributed by atoms with Crippen molar-refractivity contribution in [3.05, 3.63) is 0 Å². The van der Waals surface area contributed by atoms with E-state index in [0.717, 1.165) is 12.3 Å². The Labute approximate surface area is 93.6 Å². The van der Waals surface area contributed by atoms with E-state index < -0.39 is 0 Å². The number of carbonyl (C=O) groups is 1. The summed E-state index contributed by atoms with van der Waals surface area (Å²) in [5, 5.41) is 0. The molecule has 0 aromatic heterocycles. The summed E-state index contributed by atoms with van der Waals surface area (Å²) >= 11 is 0. The molecule has 0 saturated heterocycles. The Balaban J connectivity index is 2.31. The van der Waals surface area contributed by atoms with Gasteiger partial charge >= 0.3 is 0 Å². The zero-order valence-corrected chi connectivity index (χ0v) is 10.6. The van der Waals surface area contributed by atoms with Gasteiger partial charge in [0, 0.05) is 10.8 Å². The van der Waals surface area contributed by atoms with Crippen molar-refractivity contribution in [3.63, 3.8) is 0 Å². The van der Waals surface area contributed by atoms with E-state index in [2.05, 4.69) is 27.7 Å². The first-order chi connectivity index (χ1) is 6.86. The van der Waals surface area contributed by atoms with Crippen molar-refractivity contribution in [2.45, 2.75) is 59.8 Å². The molecule has 1 nitrogen and oxygen atoms in total. The third kappa shape index (κ3) is 1.64. The molecular weight excluding hydrogens is 184 g/mol. The Morgan fingerprint density at radius 2 is 1.67 bits per heavy atom. The van der Waals surface area contributed by atoms with Gasteiger partial charge in [0.2, 0.25) is 0 Å². The van der Waals surface area contributed by atoms with Crippen LogP contribution in [0.15, 0.2) is 0 Å². The first kappa shape index (κ1) is 11.2. The summed E-state index contributed by atoms with van der Waals surface area (Å²) in [5.41, 5.74) is -0.158. The maximum Gasteiger partial charge on any atom is 0.144 e. The van der Waals surface area contributed by atoms with Gasteiger partial charge in [-0.15, -0.1) is 0 Å². The van der Waals surface area contributed by atoms with E-state index in [1.165, 1.54) is 25.7 Å². The summed E-state index contributed by atoms with van der Waals surface area (Å²) in [6.45, 7) is 8.64. The van der Waals surface area contributed by atoms with E-state index in [0.29, 0.717) is 11.7 Å². The fourth-order valence-corrected chi connectivity index (χ4v) is 4.19. The van der Waals surface area contributed by atoms with Crippen LogP contribution < -0.4 is 0 Å². The quantitative estimate of drug-likeness (QED) is 0.591. The lowest BCUT2D eigenvalue weighted by Crippen LogP contribution is -2.51. The summed E-state index contributed by atoms with van der Waals surface area (Å²) in [7, 11) is 0. The van der Waals surface area contributed by atoms with Crippen LogP contribution in [0.5, 0.6) is 0 Å². The van der Waals surface area contributed by atoms with Gasteiger partial charge in [-0.2, -0.15) is 0 Å². The second-order valence-electron chi connectivity index (χ2n) is 6.79. The molecule has 2 atom stereocenters. The molecule has 1 heteroatoms. The minimum absolute atomic E-state index is 0.0766. The minimum Gasteiger partial charge on any atom is -0.298 e. The van der Waals surface area contributed by atoms with Gasteiger partial charge in [0.1, 0.15) is 5.78 Å². The predicted molar refractivity (Wildman–Crippen MR) is 62.6 cm³/mol. The standard InChI is InChI=1S/C14H24O/c1-13(2)9-10-7-5-6-8-11(10)14(3,4)12(13)15/h10-11H,5-9H2,1-4H3. The Morgan fingerprint density at radius 1 is 1.07 bits per heavy atom. The smallest absolute Gasteiger partial charge is 0.144 e. The van der Waals surface area contributed by atoms with Gasteiger partial charge in [-0.25, -0.2) is 0 Å². The molecule has 86 valence electrons. The molecule has 2 aliphatic carbocycles.